The van der Waals surface area contributed by atoms with Crippen LogP contribution in [0.4, 0.5) is 4.39 Å². The quantitative estimate of drug-likeness (QED) is 0.403. The van der Waals surface area contributed by atoms with Gasteiger partial charge in [0.2, 0.25) is 17.7 Å². The van der Waals surface area contributed by atoms with Crippen LogP contribution in [0.2, 0.25) is 0 Å². The molecule has 0 aromatic heterocycles. The Morgan fingerprint density at radius 1 is 1.13 bits per heavy atom. The summed E-state index contributed by atoms with van der Waals surface area (Å²) in [5.74, 6) is -1.96. The van der Waals surface area contributed by atoms with Crippen LogP contribution in [0.25, 0.3) is 0 Å². The van der Waals surface area contributed by atoms with Crippen LogP contribution in [0.5, 0.6) is 11.5 Å². The van der Waals surface area contributed by atoms with Gasteiger partial charge in [0.25, 0.3) is 5.91 Å². The Labute approximate surface area is 220 Å². The van der Waals surface area contributed by atoms with Crippen LogP contribution in [0.15, 0.2) is 48.5 Å². The number of para-hydroxylation sites is 1. The highest BCUT2D eigenvalue weighted by Gasteiger charge is 2.30. The summed E-state index contributed by atoms with van der Waals surface area (Å²) >= 11 is 0. The first kappa shape index (κ1) is 28.4. The molecule has 4 N–H and O–H groups in total. The molecular weight excluding hydrogens is 495 g/mol. The first-order valence-corrected chi connectivity index (χ1v) is 12.5. The number of hydrogen-bond acceptors (Lipinski definition) is 6. The molecular formula is C27H33FN4O6. The summed E-state index contributed by atoms with van der Waals surface area (Å²) in [4.78, 5) is 51.8. The summed E-state index contributed by atoms with van der Waals surface area (Å²) < 4.78 is 24.2. The van der Waals surface area contributed by atoms with Crippen molar-refractivity contribution in [2.24, 2.45) is 5.92 Å². The molecule has 4 amide bonds. The Bertz CT molecular complexity index is 1130. The molecule has 0 bridgehead atoms. The van der Waals surface area contributed by atoms with E-state index in [1.165, 1.54) is 24.3 Å². The minimum atomic E-state index is -1.23. The molecule has 11 heteroatoms. The highest BCUT2D eigenvalue weighted by atomic mass is 19.1. The number of hydrogen-bond donors (Lipinski definition) is 4. The number of amides is 4. The van der Waals surface area contributed by atoms with E-state index in [1.54, 1.807) is 24.3 Å². The van der Waals surface area contributed by atoms with E-state index >= 15 is 0 Å². The van der Waals surface area contributed by atoms with E-state index in [4.69, 9.17) is 9.47 Å². The van der Waals surface area contributed by atoms with Gasteiger partial charge in [-0.15, -0.1) is 0 Å². The highest BCUT2D eigenvalue weighted by Crippen LogP contribution is 2.18. The molecule has 204 valence electrons. The monoisotopic (exact) mass is 528 g/mol. The molecule has 2 aromatic carbocycles. The number of benzene rings is 2. The Kier molecular flexibility index (Phi) is 10.4. The van der Waals surface area contributed by atoms with Gasteiger partial charge >= 0.3 is 0 Å². The standard InChI is InChI=1S/C27H33FN4O6/c1-3-17(2)24-27(36)30-13-15-38-22-7-5-4-6-20(22)25(34)31-21(16-23(33)32-24)26(35)29-12-14-37-19-10-8-18(28)9-11-19/h4-11,17,21,24H,3,12-16H2,1-2H3,(H,29,35)(H,30,36)(H,31,34)(H,32,33)/t17-,21-,24-/m0/s1. The summed E-state index contributed by atoms with van der Waals surface area (Å²) in [5.41, 5.74) is 0.186. The van der Waals surface area contributed by atoms with E-state index in [0.717, 1.165) is 0 Å². The van der Waals surface area contributed by atoms with E-state index in [9.17, 15) is 23.6 Å². The van der Waals surface area contributed by atoms with Crippen molar-refractivity contribution in [2.45, 2.75) is 38.8 Å². The predicted octanol–water partition coefficient (Wildman–Crippen LogP) is 1.55. The zero-order valence-corrected chi connectivity index (χ0v) is 21.4. The summed E-state index contributed by atoms with van der Waals surface area (Å²) in [6.07, 6.45) is 0.247. The molecule has 0 radical (unpaired) electrons. The second-order valence-electron chi connectivity index (χ2n) is 8.89. The Hall–Kier alpha value is -4.15. The molecule has 0 fully saturated rings. The number of ether oxygens (including phenoxy) is 2. The van der Waals surface area contributed by atoms with E-state index < -0.39 is 35.6 Å². The third-order valence-electron chi connectivity index (χ3n) is 6.10. The van der Waals surface area contributed by atoms with Gasteiger partial charge in [-0.25, -0.2) is 4.39 Å². The van der Waals surface area contributed by atoms with E-state index in [-0.39, 0.29) is 55.9 Å². The van der Waals surface area contributed by atoms with E-state index in [1.807, 2.05) is 13.8 Å². The summed E-state index contributed by atoms with van der Waals surface area (Å²) in [7, 11) is 0. The number of halogens is 1. The number of carbonyl (C=O) groups is 4. The molecule has 1 aliphatic heterocycles. The molecule has 0 saturated carbocycles. The smallest absolute Gasteiger partial charge is 0.255 e. The van der Waals surface area contributed by atoms with Gasteiger partial charge in [-0.1, -0.05) is 32.4 Å². The van der Waals surface area contributed by atoms with Crippen molar-refractivity contribution in [2.75, 3.05) is 26.3 Å². The fourth-order valence-corrected chi connectivity index (χ4v) is 3.79. The lowest BCUT2D eigenvalue weighted by molar-refractivity contribution is -0.132. The second-order valence-corrected chi connectivity index (χ2v) is 8.89. The van der Waals surface area contributed by atoms with E-state index in [2.05, 4.69) is 21.3 Å². The Morgan fingerprint density at radius 3 is 2.61 bits per heavy atom. The van der Waals surface area contributed by atoms with Crippen LogP contribution in [0.3, 0.4) is 0 Å². The van der Waals surface area contributed by atoms with Gasteiger partial charge in [-0.05, 0) is 42.3 Å². The van der Waals surface area contributed by atoms with E-state index in [0.29, 0.717) is 12.2 Å². The van der Waals surface area contributed by atoms with Crippen LogP contribution in [-0.2, 0) is 14.4 Å². The van der Waals surface area contributed by atoms with Gasteiger partial charge in [0.1, 0.15) is 42.6 Å². The maximum Gasteiger partial charge on any atom is 0.255 e. The van der Waals surface area contributed by atoms with Gasteiger partial charge in [0, 0.05) is 0 Å². The lowest BCUT2D eigenvalue weighted by Gasteiger charge is -2.25. The Morgan fingerprint density at radius 2 is 1.87 bits per heavy atom. The van der Waals surface area contributed by atoms with Crippen molar-refractivity contribution in [3.05, 3.63) is 59.9 Å². The van der Waals surface area contributed by atoms with Crippen molar-refractivity contribution in [3.63, 3.8) is 0 Å². The molecule has 1 aliphatic rings. The highest BCUT2D eigenvalue weighted by molar-refractivity contribution is 6.01. The van der Waals surface area contributed by atoms with Crippen molar-refractivity contribution < 1.29 is 33.0 Å². The average molecular weight is 529 g/mol. The van der Waals surface area contributed by atoms with Gasteiger partial charge in [-0.2, -0.15) is 0 Å². The van der Waals surface area contributed by atoms with Gasteiger partial charge < -0.3 is 30.7 Å². The lowest BCUT2D eigenvalue weighted by atomic mass is 9.97. The SMILES string of the molecule is CC[C@H](C)[C@@H]1NC(=O)C[C@@H](C(=O)NCCOc2ccc(F)cc2)NC(=O)c2ccccc2OCCNC1=O. The first-order valence-electron chi connectivity index (χ1n) is 12.5. The molecule has 10 nitrogen and oxygen atoms in total. The van der Waals surface area contributed by atoms with Crippen LogP contribution in [-0.4, -0.2) is 62.0 Å². The maximum absolute atomic E-state index is 13.1. The maximum atomic E-state index is 13.1. The third kappa shape index (κ3) is 8.19. The largest absolute Gasteiger partial charge is 0.492 e. The van der Waals surface area contributed by atoms with Crippen molar-refractivity contribution in [3.8, 4) is 11.5 Å². The minimum absolute atomic E-state index is 0.0712. The normalized spacial score (nSPS) is 19.4. The fraction of sp³-hybridized carbons (Fsp3) is 0.407. The molecule has 1 heterocycles. The molecule has 0 aliphatic carbocycles. The van der Waals surface area contributed by atoms with Crippen molar-refractivity contribution in [1.82, 2.24) is 21.3 Å². The van der Waals surface area contributed by atoms with Crippen molar-refractivity contribution >= 4 is 23.6 Å². The summed E-state index contributed by atoms with van der Waals surface area (Å²) in [5, 5.41) is 10.7. The predicted molar refractivity (Wildman–Crippen MR) is 137 cm³/mol. The molecule has 0 saturated heterocycles. The molecule has 3 rings (SSSR count). The van der Waals surface area contributed by atoms with Gasteiger partial charge in [0.15, 0.2) is 0 Å². The Balaban J connectivity index is 1.74. The van der Waals surface area contributed by atoms with Gasteiger partial charge in [-0.3, -0.25) is 19.2 Å². The summed E-state index contributed by atoms with van der Waals surface area (Å²) in [6, 6.07) is 9.89. The fourth-order valence-electron chi connectivity index (χ4n) is 3.79. The molecule has 38 heavy (non-hydrogen) atoms. The lowest BCUT2D eigenvalue weighted by Crippen LogP contribution is -2.54. The number of nitrogens with one attached hydrogen (secondary N) is 4. The number of fused-ring (bicyclic) bond motifs is 1. The second kappa shape index (κ2) is 14.0. The molecule has 0 spiro atoms. The number of rotatable bonds is 7. The zero-order chi connectivity index (χ0) is 27.5. The molecule has 3 atom stereocenters. The summed E-state index contributed by atoms with van der Waals surface area (Å²) in [6.45, 7) is 4.18. The third-order valence-corrected chi connectivity index (χ3v) is 6.10. The first-order chi connectivity index (χ1) is 18.3. The molecule has 0 unspecified atom stereocenters. The molecule has 2 aromatic rings. The van der Waals surface area contributed by atoms with Gasteiger partial charge in [0.05, 0.1) is 25.1 Å². The zero-order valence-electron chi connectivity index (χ0n) is 21.4. The van der Waals surface area contributed by atoms with Crippen LogP contribution >= 0.6 is 0 Å². The van der Waals surface area contributed by atoms with Crippen molar-refractivity contribution in [1.29, 1.82) is 0 Å². The van der Waals surface area contributed by atoms with Crippen LogP contribution < -0.4 is 30.7 Å². The van der Waals surface area contributed by atoms with Crippen LogP contribution in [0.1, 0.15) is 37.0 Å². The average Bonchev–Trinajstić information content (AvgIpc) is 2.91. The minimum Gasteiger partial charge on any atom is -0.492 e. The van der Waals surface area contributed by atoms with Crippen LogP contribution in [0, 0.1) is 11.7 Å². The number of carbonyl (C=O) groups excluding carboxylic acids is 4. The topological polar surface area (TPSA) is 135 Å².